The summed E-state index contributed by atoms with van der Waals surface area (Å²) in [5.41, 5.74) is 0.402. The molecule has 1 amide bonds. The summed E-state index contributed by atoms with van der Waals surface area (Å²) in [6, 6.07) is 21.3. The minimum absolute atomic E-state index is 0.151. The van der Waals surface area contributed by atoms with Crippen molar-refractivity contribution in [1.29, 1.82) is 10.5 Å². The van der Waals surface area contributed by atoms with Gasteiger partial charge in [0.05, 0.1) is 29.7 Å². The van der Waals surface area contributed by atoms with E-state index in [4.69, 9.17) is 4.74 Å². The zero-order chi connectivity index (χ0) is 31.2. The molecule has 1 fully saturated rings. The van der Waals surface area contributed by atoms with Crippen LogP contribution in [0.1, 0.15) is 75.1 Å². The molecule has 1 aliphatic rings. The molecule has 0 aliphatic heterocycles. The fourth-order valence-corrected chi connectivity index (χ4v) is 5.88. The minimum Gasteiger partial charge on any atom is -0.444 e. The van der Waals surface area contributed by atoms with Crippen molar-refractivity contribution in [2.45, 2.75) is 89.9 Å². The fourth-order valence-electron chi connectivity index (χ4n) is 5.88. The molecule has 1 aromatic heterocycles. The molecule has 224 valence electrons. The molecule has 2 aromatic carbocycles. The van der Waals surface area contributed by atoms with Gasteiger partial charge in [0.1, 0.15) is 5.60 Å². The molecule has 0 N–H and O–H groups in total. The Labute approximate surface area is 252 Å². The third-order valence-corrected chi connectivity index (χ3v) is 8.04. The van der Waals surface area contributed by atoms with Gasteiger partial charge in [-0.1, -0.05) is 48.5 Å². The second-order valence-electron chi connectivity index (χ2n) is 12.3. The number of rotatable bonds is 8. The molecule has 0 atom stereocenters. The van der Waals surface area contributed by atoms with Crippen LogP contribution in [-0.2, 0) is 23.2 Å². The molecule has 43 heavy (non-hydrogen) atoms. The lowest BCUT2D eigenvalue weighted by molar-refractivity contribution is 0.00977. The highest BCUT2D eigenvalue weighted by Crippen LogP contribution is 2.42. The number of hydrogen-bond acceptors (Lipinski definition) is 6. The van der Waals surface area contributed by atoms with Crippen molar-refractivity contribution in [2.75, 3.05) is 6.54 Å². The Kier molecular flexibility index (Phi) is 9.56. The summed E-state index contributed by atoms with van der Waals surface area (Å²) >= 11 is 0. The Morgan fingerprint density at radius 2 is 1.70 bits per heavy atom. The highest BCUT2D eigenvalue weighted by atomic mass is 16.6. The molecule has 9 nitrogen and oxygen atoms in total. The zero-order valence-electron chi connectivity index (χ0n) is 25.4. The van der Waals surface area contributed by atoms with E-state index in [1.165, 1.54) is 4.57 Å². The van der Waals surface area contributed by atoms with Crippen molar-refractivity contribution in [1.82, 2.24) is 14.0 Å². The van der Waals surface area contributed by atoms with Gasteiger partial charge in [-0.25, -0.2) is 9.59 Å². The normalized spacial score (nSPS) is 18.3. The maximum atomic E-state index is 13.4. The lowest BCUT2D eigenvalue weighted by Gasteiger charge is -2.41. The van der Waals surface area contributed by atoms with E-state index in [2.05, 4.69) is 12.1 Å². The average molecular weight is 582 g/mol. The van der Waals surface area contributed by atoms with E-state index in [-0.39, 0.29) is 24.7 Å². The van der Waals surface area contributed by atoms with Crippen molar-refractivity contribution in [3.05, 3.63) is 104 Å². The summed E-state index contributed by atoms with van der Waals surface area (Å²) in [4.78, 5) is 41.4. The van der Waals surface area contributed by atoms with Crippen molar-refractivity contribution in [2.24, 2.45) is 0 Å². The Morgan fingerprint density at radius 1 is 1.05 bits per heavy atom. The second-order valence-corrected chi connectivity index (χ2v) is 12.3. The molecule has 1 saturated carbocycles. The van der Waals surface area contributed by atoms with Gasteiger partial charge in [0.15, 0.2) is 0 Å². The summed E-state index contributed by atoms with van der Waals surface area (Å²) in [7, 11) is 0. The van der Waals surface area contributed by atoms with Crippen molar-refractivity contribution >= 4 is 6.09 Å². The lowest BCUT2D eigenvalue weighted by atomic mass is 9.68. The average Bonchev–Trinajstić information content (AvgIpc) is 2.99. The van der Waals surface area contributed by atoms with E-state index in [1.54, 1.807) is 34.7 Å². The van der Waals surface area contributed by atoms with Crippen LogP contribution in [0.2, 0.25) is 0 Å². The summed E-state index contributed by atoms with van der Waals surface area (Å²) < 4.78 is 8.54. The van der Waals surface area contributed by atoms with Crippen LogP contribution >= 0.6 is 0 Å². The first-order chi connectivity index (χ1) is 20.5. The largest absolute Gasteiger partial charge is 0.444 e. The molecule has 0 unspecified atom stereocenters. The Balaban J connectivity index is 1.53. The first-order valence-corrected chi connectivity index (χ1v) is 14.7. The van der Waals surface area contributed by atoms with Gasteiger partial charge in [-0.2, -0.15) is 10.5 Å². The number of amides is 1. The van der Waals surface area contributed by atoms with Crippen molar-refractivity contribution in [3.63, 3.8) is 0 Å². The predicted octanol–water partition coefficient (Wildman–Crippen LogP) is 5.27. The zero-order valence-corrected chi connectivity index (χ0v) is 25.4. The van der Waals surface area contributed by atoms with Crippen LogP contribution in [0, 0.1) is 29.6 Å². The van der Waals surface area contributed by atoms with Crippen molar-refractivity contribution < 1.29 is 9.53 Å². The molecular formula is C34H39N5O4. The van der Waals surface area contributed by atoms with Crippen LogP contribution in [0.15, 0.2) is 70.4 Å². The summed E-state index contributed by atoms with van der Waals surface area (Å²) in [6.07, 6.45) is 3.61. The van der Waals surface area contributed by atoms with Gasteiger partial charge < -0.3 is 9.64 Å². The van der Waals surface area contributed by atoms with Gasteiger partial charge in [-0.3, -0.25) is 13.9 Å². The topological polar surface area (TPSA) is 121 Å². The standard InChI is InChI=1S/C34H39N5O4/c1-25-22-37(23-26-11-6-5-7-12-26)31(41)39(30(25)40)20-10-19-38(32(42)43-33(2,3)4)28-15-17-34(24-36,18-16-28)29-14-9-8-13-27(29)21-35/h5-9,11-14,22,28H,10,15-20,23H2,1-4H3/t28-,34+. The Bertz CT molecular complexity index is 1650. The number of ether oxygens (including phenoxy) is 1. The summed E-state index contributed by atoms with van der Waals surface area (Å²) in [6.45, 7) is 7.91. The number of carbonyl (C=O) groups is 1. The lowest BCUT2D eigenvalue weighted by Crippen LogP contribution is -2.48. The molecule has 0 radical (unpaired) electrons. The van der Waals surface area contributed by atoms with Crippen LogP contribution in [0.3, 0.4) is 0 Å². The van der Waals surface area contributed by atoms with Gasteiger partial charge >= 0.3 is 11.8 Å². The molecule has 0 bridgehead atoms. The highest BCUT2D eigenvalue weighted by Gasteiger charge is 2.41. The minimum atomic E-state index is -0.804. The summed E-state index contributed by atoms with van der Waals surface area (Å²) in [5.74, 6) is 0. The molecular weight excluding hydrogens is 542 g/mol. The van der Waals surface area contributed by atoms with Crippen LogP contribution in [0.25, 0.3) is 0 Å². The van der Waals surface area contributed by atoms with Gasteiger partial charge in [0, 0.05) is 30.9 Å². The van der Waals surface area contributed by atoms with Crippen LogP contribution in [-0.4, -0.2) is 38.3 Å². The first-order valence-electron chi connectivity index (χ1n) is 14.7. The molecule has 0 spiro atoms. The quantitative estimate of drug-likeness (QED) is 0.357. The van der Waals surface area contributed by atoms with Gasteiger partial charge in [0.2, 0.25) is 0 Å². The SMILES string of the molecule is Cc1cn(Cc2ccccc2)c(=O)n(CCCN(C(=O)OC(C)(C)C)[C@H]2CC[C@@](C#N)(c3ccccc3C#N)CC2)c1=O. The fraction of sp³-hybridized carbons (Fsp3) is 0.441. The third-order valence-electron chi connectivity index (χ3n) is 8.04. The van der Waals surface area contributed by atoms with Gasteiger partial charge in [-0.05, 0) is 77.0 Å². The highest BCUT2D eigenvalue weighted by molar-refractivity contribution is 5.68. The van der Waals surface area contributed by atoms with E-state index in [0.717, 1.165) is 11.1 Å². The van der Waals surface area contributed by atoms with E-state index in [9.17, 15) is 24.9 Å². The van der Waals surface area contributed by atoms with E-state index < -0.39 is 22.8 Å². The molecule has 0 saturated heterocycles. The van der Waals surface area contributed by atoms with E-state index >= 15 is 0 Å². The number of aromatic nitrogens is 2. The molecule has 9 heteroatoms. The number of aryl methyl sites for hydroxylation is 1. The van der Waals surface area contributed by atoms with E-state index in [1.807, 2.05) is 63.2 Å². The third kappa shape index (κ3) is 7.24. The predicted molar refractivity (Wildman–Crippen MR) is 164 cm³/mol. The number of benzene rings is 2. The molecule has 1 aliphatic carbocycles. The molecule has 4 rings (SSSR count). The van der Waals surface area contributed by atoms with Crippen LogP contribution in [0.4, 0.5) is 4.79 Å². The number of nitriles is 2. The summed E-state index contributed by atoms with van der Waals surface area (Å²) in [5, 5.41) is 19.9. The van der Waals surface area contributed by atoms with Crippen LogP contribution in [0.5, 0.6) is 0 Å². The van der Waals surface area contributed by atoms with Gasteiger partial charge in [0.25, 0.3) is 5.56 Å². The molecule has 3 aromatic rings. The number of hydrogen-bond donors (Lipinski definition) is 0. The smallest absolute Gasteiger partial charge is 0.410 e. The Morgan fingerprint density at radius 3 is 2.33 bits per heavy atom. The monoisotopic (exact) mass is 581 g/mol. The maximum Gasteiger partial charge on any atom is 0.410 e. The number of nitrogens with zero attached hydrogens (tertiary/aromatic N) is 5. The molecule has 1 heterocycles. The Hall–Kier alpha value is -4.63. The van der Waals surface area contributed by atoms with Gasteiger partial charge in [-0.15, -0.1) is 0 Å². The maximum absolute atomic E-state index is 13.4. The number of carbonyl (C=O) groups excluding carboxylic acids is 1. The first kappa shape index (κ1) is 31.3. The van der Waals surface area contributed by atoms with E-state index in [0.29, 0.717) is 49.8 Å². The van der Waals surface area contributed by atoms with Crippen LogP contribution < -0.4 is 11.2 Å². The van der Waals surface area contributed by atoms with Crippen molar-refractivity contribution in [3.8, 4) is 12.1 Å². The second kappa shape index (κ2) is 13.1.